The van der Waals surface area contributed by atoms with Crippen LogP contribution in [0.2, 0.25) is 0 Å². The first-order chi connectivity index (χ1) is 5.11. The zero-order valence-electron chi connectivity index (χ0n) is 7.76. The minimum atomic E-state index is -0.218. The van der Waals surface area contributed by atoms with E-state index in [-0.39, 0.29) is 12.2 Å². The number of hydrogen-bond donors (Lipinski definition) is 0. The van der Waals surface area contributed by atoms with Gasteiger partial charge in [0.15, 0.2) is 0 Å². The maximum Gasteiger partial charge on any atom is 0.409 e. The summed E-state index contributed by atoms with van der Waals surface area (Å²) in [6, 6.07) is 0. The van der Waals surface area contributed by atoms with Crippen LogP contribution in [0.1, 0.15) is 27.7 Å². The maximum atomic E-state index is 11.1. The van der Waals surface area contributed by atoms with Crippen LogP contribution in [-0.2, 0) is 4.74 Å². The molecule has 0 heterocycles. The van der Waals surface area contributed by atoms with E-state index in [0.29, 0.717) is 13.1 Å². The molecule has 11 heavy (non-hydrogen) atoms. The van der Waals surface area contributed by atoms with Crippen molar-refractivity contribution in [2.75, 3.05) is 13.1 Å². The van der Waals surface area contributed by atoms with Crippen molar-refractivity contribution in [1.29, 1.82) is 0 Å². The molecule has 0 aromatic heterocycles. The van der Waals surface area contributed by atoms with Gasteiger partial charge >= 0.3 is 6.09 Å². The SMILES string of the molecule is CCN(CC)C(=O)OC(C)C. The third kappa shape index (κ3) is 3.86. The molecule has 0 spiro atoms. The van der Waals surface area contributed by atoms with Crippen molar-refractivity contribution in [3.05, 3.63) is 0 Å². The largest absolute Gasteiger partial charge is 0.447 e. The van der Waals surface area contributed by atoms with Crippen LogP contribution in [-0.4, -0.2) is 30.2 Å². The van der Waals surface area contributed by atoms with E-state index in [1.54, 1.807) is 4.90 Å². The monoisotopic (exact) mass is 159 g/mol. The topological polar surface area (TPSA) is 29.5 Å². The fraction of sp³-hybridized carbons (Fsp3) is 0.875. The minimum Gasteiger partial charge on any atom is -0.447 e. The number of ether oxygens (including phenoxy) is 1. The van der Waals surface area contributed by atoms with Crippen molar-refractivity contribution in [2.24, 2.45) is 0 Å². The molecular formula is C8H17NO2. The Hall–Kier alpha value is -0.730. The summed E-state index contributed by atoms with van der Waals surface area (Å²) in [5.74, 6) is 0. The molecule has 0 aliphatic carbocycles. The van der Waals surface area contributed by atoms with E-state index in [9.17, 15) is 4.79 Å². The van der Waals surface area contributed by atoms with Crippen LogP contribution in [0.5, 0.6) is 0 Å². The molecule has 3 nitrogen and oxygen atoms in total. The Morgan fingerprint density at radius 1 is 1.36 bits per heavy atom. The van der Waals surface area contributed by atoms with E-state index in [2.05, 4.69) is 0 Å². The van der Waals surface area contributed by atoms with Crippen molar-refractivity contribution >= 4 is 6.09 Å². The average Bonchev–Trinajstić information content (AvgIpc) is 1.88. The smallest absolute Gasteiger partial charge is 0.409 e. The first-order valence-electron chi connectivity index (χ1n) is 4.07. The quantitative estimate of drug-likeness (QED) is 0.629. The van der Waals surface area contributed by atoms with E-state index in [4.69, 9.17) is 4.74 Å². The van der Waals surface area contributed by atoms with Crippen LogP contribution in [0, 0.1) is 0 Å². The van der Waals surface area contributed by atoms with Crippen molar-refractivity contribution in [1.82, 2.24) is 4.90 Å². The molecule has 66 valence electrons. The lowest BCUT2D eigenvalue weighted by molar-refractivity contribution is 0.0799. The number of carbonyl (C=O) groups excluding carboxylic acids is 1. The molecule has 0 bridgehead atoms. The predicted octanol–water partition coefficient (Wildman–Crippen LogP) is 1.87. The van der Waals surface area contributed by atoms with E-state index in [0.717, 1.165) is 0 Å². The minimum absolute atomic E-state index is 0.0249. The molecule has 0 fully saturated rings. The Morgan fingerprint density at radius 2 is 1.82 bits per heavy atom. The number of carbonyl (C=O) groups is 1. The fourth-order valence-corrected chi connectivity index (χ4v) is 0.758. The summed E-state index contributed by atoms with van der Waals surface area (Å²) in [6.45, 7) is 8.99. The van der Waals surface area contributed by atoms with Gasteiger partial charge in [0.25, 0.3) is 0 Å². The number of rotatable bonds is 3. The molecule has 0 unspecified atom stereocenters. The Bertz CT molecular complexity index is 119. The molecule has 0 atom stereocenters. The lowest BCUT2D eigenvalue weighted by Crippen LogP contribution is -2.32. The van der Waals surface area contributed by atoms with Gasteiger partial charge in [0.2, 0.25) is 0 Å². The zero-order valence-corrected chi connectivity index (χ0v) is 7.76. The van der Waals surface area contributed by atoms with Gasteiger partial charge in [-0.25, -0.2) is 4.79 Å². The molecule has 0 aromatic rings. The summed E-state index contributed by atoms with van der Waals surface area (Å²) < 4.78 is 4.98. The highest BCUT2D eigenvalue weighted by molar-refractivity contribution is 5.67. The normalized spacial score (nSPS) is 9.91. The maximum absolute atomic E-state index is 11.1. The highest BCUT2D eigenvalue weighted by atomic mass is 16.6. The Labute approximate surface area is 68.3 Å². The molecule has 0 aliphatic rings. The first kappa shape index (κ1) is 10.3. The molecule has 0 saturated heterocycles. The van der Waals surface area contributed by atoms with Crippen molar-refractivity contribution < 1.29 is 9.53 Å². The molecular weight excluding hydrogens is 142 g/mol. The van der Waals surface area contributed by atoms with Gasteiger partial charge in [-0.1, -0.05) is 0 Å². The first-order valence-corrected chi connectivity index (χ1v) is 4.07. The van der Waals surface area contributed by atoms with E-state index in [1.807, 2.05) is 27.7 Å². The van der Waals surface area contributed by atoms with E-state index >= 15 is 0 Å². The summed E-state index contributed by atoms with van der Waals surface area (Å²) in [4.78, 5) is 12.8. The molecule has 1 amide bonds. The van der Waals surface area contributed by atoms with Gasteiger partial charge in [0, 0.05) is 13.1 Å². The zero-order chi connectivity index (χ0) is 8.85. The second kappa shape index (κ2) is 4.99. The Balaban J connectivity index is 3.79. The second-order valence-corrected chi connectivity index (χ2v) is 2.60. The van der Waals surface area contributed by atoms with Gasteiger partial charge in [-0.15, -0.1) is 0 Å². The third-order valence-corrected chi connectivity index (χ3v) is 1.36. The van der Waals surface area contributed by atoms with Gasteiger partial charge in [-0.2, -0.15) is 0 Å². The summed E-state index contributed by atoms with van der Waals surface area (Å²) in [5.41, 5.74) is 0. The standard InChI is InChI=1S/C8H17NO2/c1-5-9(6-2)8(10)11-7(3)4/h7H,5-6H2,1-4H3. The van der Waals surface area contributed by atoms with Gasteiger partial charge in [0.1, 0.15) is 0 Å². The highest BCUT2D eigenvalue weighted by Crippen LogP contribution is 1.96. The Kier molecular flexibility index (Phi) is 4.66. The summed E-state index contributed by atoms with van der Waals surface area (Å²) in [7, 11) is 0. The van der Waals surface area contributed by atoms with Gasteiger partial charge < -0.3 is 9.64 Å². The predicted molar refractivity (Wildman–Crippen MR) is 44.5 cm³/mol. The van der Waals surface area contributed by atoms with Crippen molar-refractivity contribution in [3.63, 3.8) is 0 Å². The average molecular weight is 159 g/mol. The van der Waals surface area contributed by atoms with Crippen molar-refractivity contribution in [2.45, 2.75) is 33.8 Å². The molecule has 0 radical (unpaired) electrons. The molecule has 0 aliphatic heterocycles. The Morgan fingerprint density at radius 3 is 2.09 bits per heavy atom. The summed E-state index contributed by atoms with van der Waals surface area (Å²) in [5, 5.41) is 0. The van der Waals surface area contributed by atoms with Crippen LogP contribution in [0.15, 0.2) is 0 Å². The van der Waals surface area contributed by atoms with Crippen LogP contribution in [0.3, 0.4) is 0 Å². The summed E-state index contributed by atoms with van der Waals surface area (Å²) in [6.07, 6.45) is -0.243. The fourth-order valence-electron chi connectivity index (χ4n) is 0.758. The van der Waals surface area contributed by atoms with Gasteiger partial charge in [-0.05, 0) is 27.7 Å². The van der Waals surface area contributed by atoms with Gasteiger partial charge in [0.05, 0.1) is 6.10 Å². The highest BCUT2D eigenvalue weighted by Gasteiger charge is 2.11. The molecule has 0 N–H and O–H groups in total. The molecule has 0 saturated carbocycles. The van der Waals surface area contributed by atoms with Crippen LogP contribution in [0.25, 0.3) is 0 Å². The third-order valence-electron chi connectivity index (χ3n) is 1.36. The number of amides is 1. The van der Waals surface area contributed by atoms with Crippen LogP contribution < -0.4 is 0 Å². The lowest BCUT2D eigenvalue weighted by atomic mass is 10.5. The molecule has 0 aromatic carbocycles. The number of nitrogens with zero attached hydrogens (tertiary/aromatic N) is 1. The molecule has 3 heteroatoms. The molecule has 0 rings (SSSR count). The second-order valence-electron chi connectivity index (χ2n) is 2.60. The summed E-state index contributed by atoms with van der Waals surface area (Å²) >= 11 is 0. The van der Waals surface area contributed by atoms with Crippen LogP contribution in [0.4, 0.5) is 4.79 Å². The van der Waals surface area contributed by atoms with Crippen molar-refractivity contribution in [3.8, 4) is 0 Å². The lowest BCUT2D eigenvalue weighted by Gasteiger charge is -2.19. The van der Waals surface area contributed by atoms with Gasteiger partial charge in [-0.3, -0.25) is 0 Å². The van der Waals surface area contributed by atoms with E-state index in [1.165, 1.54) is 0 Å². The van der Waals surface area contributed by atoms with Crippen LogP contribution >= 0.6 is 0 Å². The van der Waals surface area contributed by atoms with E-state index < -0.39 is 0 Å². The number of hydrogen-bond acceptors (Lipinski definition) is 2.